The van der Waals surface area contributed by atoms with Gasteiger partial charge in [0.2, 0.25) is 5.88 Å². The first-order valence-corrected chi connectivity index (χ1v) is 10.7. The Hall–Kier alpha value is -2.40. The van der Waals surface area contributed by atoms with Gasteiger partial charge in [0, 0.05) is 23.6 Å². The predicted octanol–water partition coefficient (Wildman–Crippen LogP) is 6.25. The molecule has 0 saturated heterocycles. The highest BCUT2D eigenvalue weighted by Gasteiger charge is 2.25. The molecule has 0 aliphatic heterocycles. The average molecular weight is 431 g/mol. The van der Waals surface area contributed by atoms with E-state index in [1.807, 2.05) is 48.5 Å². The van der Waals surface area contributed by atoms with E-state index in [0.717, 1.165) is 22.3 Å². The Bertz CT molecular complexity index is 983. The van der Waals surface area contributed by atoms with Crippen LogP contribution in [0.15, 0.2) is 23.9 Å². The maximum atomic E-state index is 13.5. The van der Waals surface area contributed by atoms with Gasteiger partial charge in [0.1, 0.15) is 5.56 Å². The lowest BCUT2D eigenvalue weighted by molar-refractivity contribution is -0.134. The average Bonchev–Trinajstić information content (AvgIpc) is 3.02. The quantitative estimate of drug-likeness (QED) is 0.366. The molecule has 0 atom stereocenters. The first-order valence-electron chi connectivity index (χ1n) is 10.3. The summed E-state index contributed by atoms with van der Waals surface area (Å²) in [6, 6.07) is 3.46. The Balaban J connectivity index is 2.58. The molecule has 6 heteroatoms. The van der Waals surface area contributed by atoms with Gasteiger partial charge in [-0.1, -0.05) is 37.9 Å². The zero-order chi connectivity index (χ0) is 22.6. The monoisotopic (exact) mass is 430 g/mol. The van der Waals surface area contributed by atoms with E-state index in [4.69, 9.17) is 16.3 Å². The molecule has 0 saturated carbocycles. The molecule has 2 aromatic rings. The first kappa shape index (κ1) is 23.9. The van der Waals surface area contributed by atoms with Gasteiger partial charge >= 0.3 is 5.97 Å². The molecule has 0 amide bonds. The van der Waals surface area contributed by atoms with Crippen LogP contribution in [0.4, 0.5) is 0 Å². The summed E-state index contributed by atoms with van der Waals surface area (Å²) < 4.78 is 7.18. The molecule has 30 heavy (non-hydrogen) atoms. The number of benzene rings is 1. The molecule has 0 N–H and O–H groups in total. The summed E-state index contributed by atoms with van der Waals surface area (Å²) in [6.45, 7) is 14.4. The fourth-order valence-electron chi connectivity index (χ4n) is 3.26. The standard InChI is InChI=1S/C24H31ClN2O3/c1-8-9-21(28)30-24-19(12-26-27(24)13-14(2)3)23(29)18-10-11-20(25)22(17(18)7)16(6)15(4)5/h10-12,14H,8-9,13H2,1-7H3. The van der Waals surface area contributed by atoms with Crippen LogP contribution < -0.4 is 4.74 Å². The fraction of sp³-hybridized carbons (Fsp3) is 0.458. The number of ketones is 1. The third kappa shape index (κ3) is 5.20. The highest BCUT2D eigenvalue weighted by molar-refractivity contribution is 6.32. The second kappa shape index (κ2) is 10.1. The molecule has 2 rings (SSSR count). The minimum atomic E-state index is -0.369. The molecule has 1 aromatic heterocycles. The maximum Gasteiger partial charge on any atom is 0.312 e. The van der Waals surface area contributed by atoms with Crippen LogP contribution in [-0.4, -0.2) is 21.5 Å². The summed E-state index contributed by atoms with van der Waals surface area (Å²) >= 11 is 6.46. The normalized spacial score (nSPS) is 11.0. The Morgan fingerprint density at radius 2 is 1.83 bits per heavy atom. The van der Waals surface area contributed by atoms with Crippen LogP contribution in [0.2, 0.25) is 5.02 Å². The van der Waals surface area contributed by atoms with Crippen molar-refractivity contribution in [1.29, 1.82) is 0 Å². The molecule has 0 unspecified atom stereocenters. The van der Waals surface area contributed by atoms with Crippen molar-refractivity contribution in [1.82, 2.24) is 9.78 Å². The zero-order valence-electron chi connectivity index (χ0n) is 18.9. The number of halogens is 1. The molecule has 0 aliphatic carbocycles. The van der Waals surface area contributed by atoms with Crippen molar-refractivity contribution in [2.24, 2.45) is 5.92 Å². The second-order valence-corrected chi connectivity index (χ2v) is 8.62. The number of hydrogen-bond donors (Lipinski definition) is 0. The van der Waals surface area contributed by atoms with E-state index in [-0.39, 0.29) is 35.5 Å². The van der Waals surface area contributed by atoms with Gasteiger partial charge in [-0.15, -0.1) is 0 Å². The molecule has 1 aromatic carbocycles. The van der Waals surface area contributed by atoms with Crippen molar-refractivity contribution in [2.45, 2.75) is 67.9 Å². The molecule has 0 bridgehead atoms. The number of nitrogens with zero attached hydrogens (tertiary/aromatic N) is 2. The van der Waals surface area contributed by atoms with Crippen molar-refractivity contribution < 1.29 is 14.3 Å². The summed E-state index contributed by atoms with van der Waals surface area (Å²) in [5, 5.41) is 4.94. The SMILES string of the molecule is CCCC(=O)Oc1c(C(=O)c2ccc(Cl)c(C(C)=C(C)C)c2C)cnn1CC(C)C. The van der Waals surface area contributed by atoms with Gasteiger partial charge in [-0.2, -0.15) is 5.10 Å². The highest BCUT2D eigenvalue weighted by Crippen LogP contribution is 2.33. The number of hydrogen-bond acceptors (Lipinski definition) is 4. The Morgan fingerprint density at radius 3 is 2.40 bits per heavy atom. The van der Waals surface area contributed by atoms with Crippen LogP contribution >= 0.6 is 11.6 Å². The molecule has 0 aliphatic rings. The smallest absolute Gasteiger partial charge is 0.312 e. The van der Waals surface area contributed by atoms with Gasteiger partial charge < -0.3 is 4.74 Å². The fourth-order valence-corrected chi connectivity index (χ4v) is 3.60. The van der Waals surface area contributed by atoms with Crippen molar-refractivity contribution in [3.8, 4) is 5.88 Å². The zero-order valence-corrected chi connectivity index (χ0v) is 19.7. The van der Waals surface area contributed by atoms with Gasteiger partial charge in [-0.3, -0.25) is 9.59 Å². The molecule has 5 nitrogen and oxygen atoms in total. The molecule has 0 radical (unpaired) electrons. The van der Waals surface area contributed by atoms with E-state index >= 15 is 0 Å². The number of carbonyl (C=O) groups is 2. The highest BCUT2D eigenvalue weighted by atomic mass is 35.5. The Morgan fingerprint density at radius 1 is 1.17 bits per heavy atom. The van der Waals surface area contributed by atoms with Crippen LogP contribution in [0.5, 0.6) is 5.88 Å². The third-order valence-corrected chi connectivity index (χ3v) is 5.34. The maximum absolute atomic E-state index is 13.5. The minimum absolute atomic E-state index is 0.210. The number of ether oxygens (including phenoxy) is 1. The summed E-state index contributed by atoms with van der Waals surface area (Å²) in [5.74, 6) is -0.116. The van der Waals surface area contributed by atoms with Crippen molar-refractivity contribution in [2.75, 3.05) is 0 Å². The van der Waals surface area contributed by atoms with Crippen LogP contribution in [0.3, 0.4) is 0 Å². The number of aromatic nitrogens is 2. The van der Waals surface area contributed by atoms with Gasteiger partial charge in [0.05, 0.1) is 6.20 Å². The molecule has 0 fully saturated rings. The third-order valence-electron chi connectivity index (χ3n) is 5.02. The van der Waals surface area contributed by atoms with Gasteiger partial charge in [-0.05, 0) is 68.9 Å². The van der Waals surface area contributed by atoms with Crippen LogP contribution in [0.25, 0.3) is 5.57 Å². The lowest BCUT2D eigenvalue weighted by Crippen LogP contribution is -2.16. The molecular formula is C24H31ClN2O3. The van der Waals surface area contributed by atoms with Gasteiger partial charge in [-0.25, -0.2) is 4.68 Å². The van der Waals surface area contributed by atoms with E-state index in [0.29, 0.717) is 23.6 Å². The van der Waals surface area contributed by atoms with Crippen molar-refractivity contribution in [3.63, 3.8) is 0 Å². The van der Waals surface area contributed by atoms with Gasteiger partial charge in [0.25, 0.3) is 0 Å². The summed E-state index contributed by atoms with van der Waals surface area (Å²) in [4.78, 5) is 25.7. The Kier molecular flexibility index (Phi) is 8.02. The van der Waals surface area contributed by atoms with Crippen LogP contribution in [0.1, 0.15) is 81.4 Å². The molecule has 162 valence electrons. The number of rotatable bonds is 8. The topological polar surface area (TPSA) is 61.2 Å². The van der Waals surface area contributed by atoms with E-state index in [1.165, 1.54) is 6.20 Å². The van der Waals surface area contributed by atoms with Crippen LogP contribution in [0, 0.1) is 12.8 Å². The van der Waals surface area contributed by atoms with E-state index < -0.39 is 0 Å². The summed E-state index contributed by atoms with van der Waals surface area (Å²) in [5.41, 5.74) is 4.63. The lowest BCUT2D eigenvalue weighted by Gasteiger charge is -2.15. The van der Waals surface area contributed by atoms with E-state index in [9.17, 15) is 9.59 Å². The Labute approximate surface area is 184 Å². The molecule has 1 heterocycles. The number of carbonyl (C=O) groups excluding carboxylic acids is 2. The summed E-state index contributed by atoms with van der Waals surface area (Å²) in [6.07, 6.45) is 2.44. The lowest BCUT2D eigenvalue weighted by atomic mass is 9.92. The molecule has 0 spiro atoms. The van der Waals surface area contributed by atoms with Crippen molar-refractivity contribution >= 4 is 28.9 Å². The van der Waals surface area contributed by atoms with Crippen LogP contribution in [-0.2, 0) is 11.3 Å². The second-order valence-electron chi connectivity index (χ2n) is 8.21. The largest absolute Gasteiger partial charge is 0.407 e. The summed E-state index contributed by atoms with van der Waals surface area (Å²) in [7, 11) is 0. The van der Waals surface area contributed by atoms with Gasteiger partial charge in [0.15, 0.2) is 5.78 Å². The number of esters is 1. The first-order chi connectivity index (χ1) is 14.1. The number of allylic oxidation sites excluding steroid dienone is 2. The predicted molar refractivity (Wildman–Crippen MR) is 121 cm³/mol. The van der Waals surface area contributed by atoms with E-state index in [1.54, 1.807) is 16.8 Å². The molecular weight excluding hydrogens is 400 g/mol. The minimum Gasteiger partial charge on any atom is -0.407 e. The van der Waals surface area contributed by atoms with E-state index in [2.05, 4.69) is 5.10 Å². The van der Waals surface area contributed by atoms with Crippen molar-refractivity contribution in [3.05, 3.63) is 51.2 Å².